The molecule has 0 radical (unpaired) electrons. The number of carbonyl (C=O) groups is 2. The summed E-state index contributed by atoms with van der Waals surface area (Å²) in [7, 11) is 3.02. The molecule has 1 atom stereocenters. The maximum Gasteiger partial charge on any atom is 0.259 e. The topological polar surface area (TPSA) is 122 Å². The largest absolute Gasteiger partial charge is 0.493 e. The fourth-order valence-corrected chi connectivity index (χ4v) is 5.80. The molecule has 1 aromatic heterocycles. The van der Waals surface area contributed by atoms with Gasteiger partial charge in [0, 0.05) is 29.6 Å². The molecule has 0 saturated carbocycles. The van der Waals surface area contributed by atoms with E-state index in [9.17, 15) is 14.4 Å². The lowest BCUT2D eigenvalue weighted by Crippen LogP contribution is -2.41. The van der Waals surface area contributed by atoms with E-state index in [1.165, 1.54) is 14.2 Å². The van der Waals surface area contributed by atoms with Gasteiger partial charge in [0.1, 0.15) is 0 Å². The first-order chi connectivity index (χ1) is 17.9. The molecule has 2 aliphatic heterocycles. The number of likely N-dealkylation sites (tertiary alicyclic amines) is 1. The highest BCUT2D eigenvalue weighted by Crippen LogP contribution is 2.46. The molecule has 2 N–H and O–H groups in total. The van der Waals surface area contributed by atoms with Gasteiger partial charge >= 0.3 is 0 Å². The van der Waals surface area contributed by atoms with Crippen LogP contribution >= 0.6 is 0 Å². The molecular formula is C27H27N3O7. The summed E-state index contributed by atoms with van der Waals surface area (Å²) < 4.78 is 23.7. The van der Waals surface area contributed by atoms with Gasteiger partial charge in [-0.05, 0) is 50.1 Å². The van der Waals surface area contributed by atoms with Gasteiger partial charge in [-0.25, -0.2) is 0 Å². The number of rotatable bonds is 7. The maximum absolute atomic E-state index is 13.9. The van der Waals surface area contributed by atoms with Crippen molar-refractivity contribution in [2.75, 3.05) is 34.1 Å². The Labute approximate surface area is 212 Å². The van der Waals surface area contributed by atoms with Crippen LogP contribution in [0.3, 0.4) is 0 Å². The first-order valence-corrected chi connectivity index (χ1v) is 12.3. The molecule has 192 valence electrons. The Morgan fingerprint density at radius 2 is 1.68 bits per heavy atom. The number of ether oxygens (including phenoxy) is 4. The SMILES string of the molecule is COc1cc2c3c(n(CCCN4CCC[C@H]4C(N)=O)c(=O)c2cc1OC)-c1cc2c(cc1C3=O)OCO2. The van der Waals surface area contributed by atoms with Gasteiger partial charge in [-0.2, -0.15) is 0 Å². The van der Waals surface area contributed by atoms with Gasteiger partial charge in [0.15, 0.2) is 28.8 Å². The van der Waals surface area contributed by atoms with Crippen LogP contribution in [0.5, 0.6) is 23.0 Å². The molecule has 0 bridgehead atoms. The molecule has 1 amide bonds. The van der Waals surface area contributed by atoms with Crippen molar-refractivity contribution >= 4 is 22.5 Å². The Kier molecular flexibility index (Phi) is 5.56. The smallest absolute Gasteiger partial charge is 0.259 e. The molecule has 3 heterocycles. The summed E-state index contributed by atoms with van der Waals surface area (Å²) >= 11 is 0. The zero-order valence-corrected chi connectivity index (χ0v) is 20.7. The van der Waals surface area contributed by atoms with Crippen LogP contribution in [0.15, 0.2) is 29.1 Å². The highest BCUT2D eigenvalue weighted by molar-refractivity contribution is 6.27. The van der Waals surface area contributed by atoms with Crippen molar-refractivity contribution in [2.24, 2.45) is 5.73 Å². The van der Waals surface area contributed by atoms with E-state index in [-0.39, 0.29) is 30.1 Å². The molecule has 3 aromatic rings. The molecule has 10 heteroatoms. The molecule has 2 aromatic carbocycles. The number of amides is 1. The van der Waals surface area contributed by atoms with Crippen LogP contribution in [0.1, 0.15) is 35.2 Å². The third kappa shape index (κ3) is 3.54. The van der Waals surface area contributed by atoms with Crippen molar-refractivity contribution in [3.8, 4) is 34.3 Å². The highest BCUT2D eigenvalue weighted by atomic mass is 16.7. The number of hydrogen-bond acceptors (Lipinski definition) is 8. The Bertz CT molecular complexity index is 1530. The molecule has 37 heavy (non-hydrogen) atoms. The molecule has 3 aliphatic rings. The lowest BCUT2D eigenvalue weighted by molar-refractivity contribution is -0.122. The zero-order chi connectivity index (χ0) is 25.8. The number of benzene rings is 2. The molecule has 6 rings (SSSR count). The van der Waals surface area contributed by atoms with Crippen LogP contribution in [0.4, 0.5) is 0 Å². The number of pyridine rings is 1. The van der Waals surface area contributed by atoms with Gasteiger partial charge in [-0.3, -0.25) is 19.3 Å². The van der Waals surface area contributed by atoms with Crippen LogP contribution in [-0.2, 0) is 11.3 Å². The lowest BCUT2D eigenvalue weighted by atomic mass is 10.0. The van der Waals surface area contributed by atoms with Crippen LogP contribution in [0.25, 0.3) is 22.0 Å². The van der Waals surface area contributed by atoms with E-state index < -0.39 is 0 Å². The van der Waals surface area contributed by atoms with Gasteiger partial charge in [-0.1, -0.05) is 0 Å². The summed E-state index contributed by atoms with van der Waals surface area (Å²) in [5.74, 6) is 1.36. The number of nitrogens with two attached hydrogens (primary N) is 1. The maximum atomic E-state index is 13.9. The average molecular weight is 506 g/mol. The predicted molar refractivity (Wildman–Crippen MR) is 135 cm³/mol. The van der Waals surface area contributed by atoms with Gasteiger partial charge < -0.3 is 29.2 Å². The number of nitrogens with zero attached hydrogens (tertiary/aromatic N) is 2. The molecule has 1 saturated heterocycles. The second-order valence-electron chi connectivity index (χ2n) is 9.46. The van der Waals surface area contributed by atoms with Crippen molar-refractivity contribution in [2.45, 2.75) is 31.8 Å². The van der Waals surface area contributed by atoms with Crippen LogP contribution in [0.2, 0.25) is 0 Å². The monoisotopic (exact) mass is 505 g/mol. The number of primary amides is 1. The van der Waals surface area contributed by atoms with E-state index in [1.807, 2.05) is 0 Å². The minimum absolute atomic E-state index is 0.0810. The molecule has 0 unspecified atom stereocenters. The second kappa shape index (κ2) is 8.81. The fraction of sp³-hybridized carbons (Fsp3) is 0.370. The van der Waals surface area contributed by atoms with E-state index in [0.717, 1.165) is 19.4 Å². The van der Waals surface area contributed by atoms with Crippen molar-refractivity contribution < 1.29 is 28.5 Å². The fourth-order valence-electron chi connectivity index (χ4n) is 5.80. The first-order valence-electron chi connectivity index (χ1n) is 12.3. The number of hydrogen-bond donors (Lipinski definition) is 1. The number of fused-ring (bicyclic) bond motifs is 6. The Hall–Kier alpha value is -4.05. The molecule has 10 nitrogen and oxygen atoms in total. The number of ketones is 1. The van der Waals surface area contributed by atoms with Crippen LogP contribution < -0.4 is 30.2 Å². The normalized spacial score (nSPS) is 17.8. The van der Waals surface area contributed by atoms with Crippen molar-refractivity contribution in [1.29, 1.82) is 0 Å². The Morgan fingerprint density at radius 3 is 2.35 bits per heavy atom. The predicted octanol–water partition coefficient (Wildman–Crippen LogP) is 2.30. The molecule has 0 spiro atoms. The second-order valence-corrected chi connectivity index (χ2v) is 9.46. The summed E-state index contributed by atoms with van der Waals surface area (Å²) in [5, 5.41) is 0.874. The summed E-state index contributed by atoms with van der Waals surface area (Å²) in [4.78, 5) is 41.6. The van der Waals surface area contributed by atoms with Gasteiger partial charge in [0.25, 0.3) is 5.56 Å². The van der Waals surface area contributed by atoms with Gasteiger partial charge in [-0.15, -0.1) is 0 Å². The number of aromatic nitrogens is 1. The van der Waals surface area contributed by atoms with Gasteiger partial charge in [0.05, 0.1) is 36.9 Å². The van der Waals surface area contributed by atoms with Crippen LogP contribution in [0, 0.1) is 0 Å². The minimum Gasteiger partial charge on any atom is -0.493 e. The first kappa shape index (κ1) is 23.4. The van der Waals surface area contributed by atoms with Crippen molar-refractivity contribution in [1.82, 2.24) is 9.47 Å². The minimum atomic E-state index is -0.321. The summed E-state index contributed by atoms with van der Waals surface area (Å²) in [5.41, 5.74) is 7.42. The van der Waals surface area contributed by atoms with E-state index >= 15 is 0 Å². The standard InChI is InChI=1S/C27H27N3O7/c1-34-19-9-14-17(12-20(19)35-2)27(33)30(8-4-7-29-6-3-5-18(29)26(28)32)24-15-10-21-22(37-13-36-21)11-16(15)25(31)23(14)24/h9-12,18H,3-8,13H2,1-2H3,(H2,28,32)/t18-/m0/s1. The van der Waals surface area contributed by atoms with E-state index in [1.54, 1.807) is 28.8 Å². The quantitative estimate of drug-likeness (QED) is 0.406. The number of methoxy groups -OCH3 is 2. The van der Waals surface area contributed by atoms with E-state index in [2.05, 4.69) is 4.90 Å². The van der Waals surface area contributed by atoms with Crippen molar-refractivity contribution in [3.05, 3.63) is 45.7 Å². The molecule has 1 aliphatic carbocycles. The lowest BCUT2D eigenvalue weighted by Gasteiger charge is -2.22. The Morgan fingerprint density at radius 1 is 1.00 bits per heavy atom. The van der Waals surface area contributed by atoms with E-state index in [0.29, 0.717) is 75.7 Å². The summed E-state index contributed by atoms with van der Waals surface area (Å²) in [6.07, 6.45) is 2.26. The Balaban J connectivity index is 1.50. The zero-order valence-electron chi connectivity index (χ0n) is 20.7. The molecular weight excluding hydrogens is 478 g/mol. The summed E-state index contributed by atoms with van der Waals surface area (Å²) in [6.45, 7) is 1.84. The summed E-state index contributed by atoms with van der Waals surface area (Å²) in [6, 6.07) is 6.48. The number of carbonyl (C=O) groups excluding carboxylic acids is 2. The van der Waals surface area contributed by atoms with E-state index in [4.69, 9.17) is 24.7 Å². The third-order valence-corrected chi connectivity index (χ3v) is 7.53. The van der Waals surface area contributed by atoms with Crippen LogP contribution in [-0.4, -0.2) is 61.3 Å². The highest BCUT2D eigenvalue weighted by Gasteiger charge is 2.36. The average Bonchev–Trinajstić information content (AvgIpc) is 3.62. The van der Waals surface area contributed by atoms with Crippen molar-refractivity contribution in [3.63, 3.8) is 0 Å². The molecule has 1 fully saturated rings. The van der Waals surface area contributed by atoms with Gasteiger partial charge in [0.2, 0.25) is 12.7 Å². The third-order valence-electron chi connectivity index (χ3n) is 7.53.